The third-order valence-corrected chi connectivity index (χ3v) is 1.58. The van der Waals surface area contributed by atoms with Gasteiger partial charge in [0, 0.05) is 7.05 Å². The van der Waals surface area contributed by atoms with Crippen LogP contribution < -0.4 is 5.32 Å². The Morgan fingerprint density at radius 2 is 2.07 bits per heavy atom. The van der Waals surface area contributed by atoms with Crippen molar-refractivity contribution in [3.05, 3.63) is 36.1 Å². The molecule has 1 amide bonds. The van der Waals surface area contributed by atoms with Crippen LogP contribution in [0.5, 0.6) is 0 Å². The SMILES string of the molecule is C=C(C)/C=C(/CC)C(=C)OC(=O)NC. The molecule has 0 atom stereocenters. The van der Waals surface area contributed by atoms with Crippen molar-refractivity contribution < 1.29 is 9.53 Å². The van der Waals surface area contributed by atoms with Gasteiger partial charge in [-0.3, -0.25) is 0 Å². The van der Waals surface area contributed by atoms with Crippen LogP contribution in [0.2, 0.25) is 0 Å². The Bertz CT molecular complexity index is 277. The summed E-state index contributed by atoms with van der Waals surface area (Å²) in [6.45, 7) is 11.3. The van der Waals surface area contributed by atoms with Crippen molar-refractivity contribution in [2.24, 2.45) is 0 Å². The first-order valence-electron chi connectivity index (χ1n) is 4.46. The van der Waals surface area contributed by atoms with Crippen LogP contribution in [0.15, 0.2) is 36.1 Å². The minimum absolute atomic E-state index is 0.370. The predicted octanol–water partition coefficient (Wildman–Crippen LogP) is 2.77. The molecule has 0 heterocycles. The lowest BCUT2D eigenvalue weighted by atomic mass is 10.1. The molecule has 0 saturated carbocycles. The van der Waals surface area contributed by atoms with Gasteiger partial charge in [0.25, 0.3) is 0 Å². The van der Waals surface area contributed by atoms with E-state index in [1.807, 2.05) is 19.9 Å². The summed E-state index contributed by atoms with van der Waals surface area (Å²) in [5.74, 6) is 0.370. The normalized spacial score (nSPS) is 10.6. The highest BCUT2D eigenvalue weighted by atomic mass is 16.6. The van der Waals surface area contributed by atoms with Gasteiger partial charge in [0.2, 0.25) is 0 Å². The van der Waals surface area contributed by atoms with Gasteiger partial charge in [-0.15, -0.1) is 0 Å². The van der Waals surface area contributed by atoms with Crippen LogP contribution in [-0.4, -0.2) is 13.1 Å². The van der Waals surface area contributed by atoms with Crippen molar-refractivity contribution in [1.29, 1.82) is 0 Å². The van der Waals surface area contributed by atoms with Gasteiger partial charge in [-0.25, -0.2) is 4.79 Å². The van der Waals surface area contributed by atoms with Gasteiger partial charge in [-0.1, -0.05) is 31.7 Å². The van der Waals surface area contributed by atoms with Crippen LogP contribution in [-0.2, 0) is 4.74 Å². The van der Waals surface area contributed by atoms with Crippen molar-refractivity contribution in [2.45, 2.75) is 20.3 Å². The van der Waals surface area contributed by atoms with Crippen LogP contribution in [0, 0.1) is 0 Å². The average Bonchev–Trinajstić information content (AvgIpc) is 2.13. The average molecular weight is 195 g/mol. The molecule has 0 aromatic rings. The Kier molecular flexibility index (Phi) is 5.37. The lowest BCUT2D eigenvalue weighted by Crippen LogP contribution is -2.19. The second kappa shape index (κ2) is 6.02. The number of hydrogen-bond donors (Lipinski definition) is 1. The van der Waals surface area contributed by atoms with E-state index in [0.717, 1.165) is 17.6 Å². The lowest BCUT2D eigenvalue weighted by molar-refractivity contribution is 0.180. The molecule has 0 aromatic heterocycles. The molecular formula is C11H17NO2. The predicted molar refractivity (Wildman–Crippen MR) is 57.9 cm³/mol. The summed E-state index contributed by atoms with van der Waals surface area (Å²) >= 11 is 0. The summed E-state index contributed by atoms with van der Waals surface area (Å²) in [4.78, 5) is 10.9. The van der Waals surface area contributed by atoms with E-state index in [4.69, 9.17) is 4.74 Å². The molecule has 0 aliphatic rings. The largest absolute Gasteiger partial charge is 0.412 e. The van der Waals surface area contributed by atoms with E-state index in [-0.39, 0.29) is 0 Å². The van der Waals surface area contributed by atoms with Gasteiger partial charge in [0.05, 0.1) is 0 Å². The summed E-state index contributed by atoms with van der Waals surface area (Å²) in [6.07, 6.45) is 2.10. The van der Waals surface area contributed by atoms with Gasteiger partial charge in [-0.05, 0) is 18.9 Å². The molecule has 0 rings (SSSR count). The molecule has 0 aliphatic heterocycles. The van der Waals surface area contributed by atoms with E-state index in [1.165, 1.54) is 7.05 Å². The summed E-state index contributed by atoms with van der Waals surface area (Å²) < 4.78 is 4.90. The molecule has 3 nitrogen and oxygen atoms in total. The number of ether oxygens (including phenoxy) is 1. The zero-order valence-electron chi connectivity index (χ0n) is 9.02. The van der Waals surface area contributed by atoms with Crippen molar-refractivity contribution in [2.75, 3.05) is 7.05 Å². The maximum atomic E-state index is 10.9. The Labute approximate surface area is 85.1 Å². The Balaban J connectivity index is 4.48. The minimum atomic E-state index is -0.504. The first kappa shape index (κ1) is 12.5. The highest BCUT2D eigenvalue weighted by Gasteiger charge is 2.06. The summed E-state index contributed by atoms with van der Waals surface area (Å²) in [5.41, 5.74) is 1.78. The highest BCUT2D eigenvalue weighted by Crippen LogP contribution is 2.15. The van der Waals surface area contributed by atoms with Crippen LogP contribution in [0.3, 0.4) is 0 Å². The van der Waals surface area contributed by atoms with Gasteiger partial charge in [0.1, 0.15) is 5.76 Å². The maximum Gasteiger partial charge on any atom is 0.412 e. The van der Waals surface area contributed by atoms with Crippen molar-refractivity contribution in [3.8, 4) is 0 Å². The number of hydrogen-bond acceptors (Lipinski definition) is 2. The molecule has 3 heteroatoms. The highest BCUT2D eigenvalue weighted by molar-refractivity contribution is 5.68. The third kappa shape index (κ3) is 4.50. The zero-order valence-corrected chi connectivity index (χ0v) is 9.02. The van der Waals surface area contributed by atoms with Crippen LogP contribution in [0.4, 0.5) is 4.79 Å². The Hall–Kier alpha value is -1.51. The fraction of sp³-hybridized carbons (Fsp3) is 0.364. The molecule has 0 unspecified atom stereocenters. The molecule has 0 fully saturated rings. The Morgan fingerprint density at radius 1 is 1.50 bits per heavy atom. The summed E-state index contributed by atoms with van der Waals surface area (Å²) in [7, 11) is 1.50. The number of nitrogens with one attached hydrogen (secondary N) is 1. The van der Waals surface area contributed by atoms with E-state index in [0.29, 0.717) is 5.76 Å². The molecule has 0 saturated heterocycles. The van der Waals surface area contributed by atoms with Crippen molar-refractivity contribution >= 4 is 6.09 Å². The maximum absolute atomic E-state index is 10.9. The quantitative estimate of drug-likeness (QED) is 0.553. The molecule has 14 heavy (non-hydrogen) atoms. The van der Waals surface area contributed by atoms with Gasteiger partial charge in [0.15, 0.2) is 0 Å². The number of carbonyl (C=O) groups excluding carboxylic acids is 1. The van der Waals surface area contributed by atoms with Crippen LogP contribution >= 0.6 is 0 Å². The number of carbonyl (C=O) groups is 1. The molecule has 0 aliphatic carbocycles. The van der Waals surface area contributed by atoms with Gasteiger partial charge in [-0.2, -0.15) is 0 Å². The lowest BCUT2D eigenvalue weighted by Gasteiger charge is -2.09. The fourth-order valence-electron chi connectivity index (χ4n) is 0.906. The number of allylic oxidation sites excluding steroid dienone is 3. The number of amides is 1. The molecule has 0 bridgehead atoms. The van der Waals surface area contributed by atoms with Gasteiger partial charge < -0.3 is 10.1 Å². The topological polar surface area (TPSA) is 38.3 Å². The first-order chi connectivity index (χ1) is 6.51. The van der Waals surface area contributed by atoms with E-state index < -0.39 is 6.09 Å². The summed E-state index contributed by atoms with van der Waals surface area (Å²) in [5, 5.41) is 2.36. The second-order valence-electron chi connectivity index (χ2n) is 2.93. The van der Waals surface area contributed by atoms with E-state index in [1.54, 1.807) is 0 Å². The van der Waals surface area contributed by atoms with Crippen LogP contribution in [0.1, 0.15) is 20.3 Å². The molecular weight excluding hydrogens is 178 g/mol. The summed E-state index contributed by atoms with van der Waals surface area (Å²) in [6, 6.07) is 0. The fourth-order valence-corrected chi connectivity index (χ4v) is 0.906. The molecule has 1 N–H and O–H groups in total. The van der Waals surface area contributed by atoms with E-state index >= 15 is 0 Å². The van der Waals surface area contributed by atoms with Crippen molar-refractivity contribution in [1.82, 2.24) is 5.32 Å². The zero-order chi connectivity index (χ0) is 11.1. The standard InChI is InChI=1S/C11H17NO2/c1-6-10(7-8(2)3)9(4)14-11(13)12-5/h7H,2,4,6H2,1,3,5H3,(H,12,13)/b10-7-. The number of alkyl carbamates (subject to hydrolysis) is 1. The van der Waals surface area contributed by atoms with Gasteiger partial charge >= 0.3 is 6.09 Å². The molecule has 0 radical (unpaired) electrons. The third-order valence-electron chi connectivity index (χ3n) is 1.58. The molecule has 0 spiro atoms. The van der Waals surface area contributed by atoms with Crippen LogP contribution in [0.25, 0.3) is 0 Å². The molecule has 0 aromatic carbocycles. The second-order valence-corrected chi connectivity index (χ2v) is 2.93. The smallest absolute Gasteiger partial charge is 0.411 e. The first-order valence-corrected chi connectivity index (χ1v) is 4.46. The molecule has 78 valence electrons. The Morgan fingerprint density at radius 3 is 2.43 bits per heavy atom. The van der Waals surface area contributed by atoms with E-state index in [9.17, 15) is 4.79 Å². The van der Waals surface area contributed by atoms with Crippen molar-refractivity contribution in [3.63, 3.8) is 0 Å². The monoisotopic (exact) mass is 195 g/mol. The number of rotatable bonds is 4. The van der Waals surface area contributed by atoms with E-state index in [2.05, 4.69) is 18.5 Å². The minimum Gasteiger partial charge on any atom is -0.411 e.